The zero-order valence-electron chi connectivity index (χ0n) is 11.6. The highest BCUT2D eigenvalue weighted by Crippen LogP contribution is 2.31. The lowest BCUT2D eigenvalue weighted by Crippen LogP contribution is -2.26. The zero-order valence-corrected chi connectivity index (χ0v) is 12.3. The van der Waals surface area contributed by atoms with Gasteiger partial charge >= 0.3 is 0 Å². The minimum Gasteiger partial charge on any atom is -0.378 e. The minimum absolute atomic E-state index is 0.193. The van der Waals surface area contributed by atoms with Crippen molar-refractivity contribution in [2.45, 2.75) is 51.5 Å². The summed E-state index contributed by atoms with van der Waals surface area (Å²) in [7, 11) is 0. The molecule has 3 unspecified atom stereocenters. The Bertz CT molecular complexity index is 402. The van der Waals surface area contributed by atoms with Crippen LogP contribution in [-0.2, 0) is 11.2 Å². The minimum atomic E-state index is 0.193. The fourth-order valence-electron chi connectivity index (χ4n) is 2.88. The fraction of sp³-hybridized carbons (Fsp3) is 0.625. The maximum absolute atomic E-state index is 6.64. The van der Waals surface area contributed by atoms with E-state index >= 15 is 0 Å². The molecule has 1 aliphatic rings. The van der Waals surface area contributed by atoms with E-state index < -0.39 is 0 Å². The van der Waals surface area contributed by atoms with Crippen LogP contribution in [0.25, 0.3) is 0 Å². The molecular formula is C16H23ClO. The predicted molar refractivity (Wildman–Crippen MR) is 77.4 cm³/mol. The van der Waals surface area contributed by atoms with Crippen molar-refractivity contribution in [3.8, 4) is 0 Å². The van der Waals surface area contributed by atoms with Crippen LogP contribution in [0, 0.1) is 19.8 Å². The Morgan fingerprint density at radius 1 is 1.39 bits per heavy atom. The van der Waals surface area contributed by atoms with E-state index in [1.807, 2.05) is 0 Å². The van der Waals surface area contributed by atoms with Crippen molar-refractivity contribution in [2.24, 2.45) is 5.92 Å². The summed E-state index contributed by atoms with van der Waals surface area (Å²) in [6, 6.07) is 6.62. The van der Waals surface area contributed by atoms with Crippen molar-refractivity contribution >= 4 is 11.6 Å². The van der Waals surface area contributed by atoms with Crippen molar-refractivity contribution < 1.29 is 4.74 Å². The van der Waals surface area contributed by atoms with Gasteiger partial charge in [0.25, 0.3) is 0 Å². The molecule has 2 rings (SSSR count). The molecule has 3 atom stereocenters. The predicted octanol–water partition coefficient (Wildman–Crippen LogP) is 4.27. The van der Waals surface area contributed by atoms with Crippen LogP contribution in [0.15, 0.2) is 18.2 Å². The number of alkyl halides is 1. The highest BCUT2D eigenvalue weighted by atomic mass is 35.5. The van der Waals surface area contributed by atoms with Crippen LogP contribution in [-0.4, -0.2) is 18.1 Å². The number of hydrogen-bond donors (Lipinski definition) is 0. The first-order chi connectivity index (χ1) is 8.61. The SMILES string of the molecule is CCC1OCCC1C(Cl)Cc1cc(C)ccc1C. The molecule has 2 heteroatoms. The van der Waals surface area contributed by atoms with Gasteiger partial charge in [0.05, 0.1) is 6.10 Å². The normalized spacial score (nSPS) is 25.3. The fourth-order valence-corrected chi connectivity index (χ4v) is 3.34. The summed E-state index contributed by atoms with van der Waals surface area (Å²) in [4.78, 5) is 0. The first-order valence-corrected chi connectivity index (χ1v) is 7.37. The molecule has 18 heavy (non-hydrogen) atoms. The first-order valence-electron chi connectivity index (χ1n) is 6.93. The summed E-state index contributed by atoms with van der Waals surface area (Å²) in [5, 5.41) is 0.193. The van der Waals surface area contributed by atoms with Crippen LogP contribution >= 0.6 is 11.6 Å². The van der Waals surface area contributed by atoms with E-state index in [2.05, 4.69) is 39.0 Å². The molecule has 1 aromatic carbocycles. The second-order valence-corrected chi connectivity index (χ2v) is 5.98. The van der Waals surface area contributed by atoms with Crippen LogP contribution in [0.3, 0.4) is 0 Å². The molecule has 0 aromatic heterocycles. The van der Waals surface area contributed by atoms with Gasteiger partial charge in [0, 0.05) is 17.9 Å². The van der Waals surface area contributed by atoms with E-state index in [-0.39, 0.29) is 5.38 Å². The smallest absolute Gasteiger partial charge is 0.0615 e. The average molecular weight is 267 g/mol. The van der Waals surface area contributed by atoms with Crippen molar-refractivity contribution in [1.82, 2.24) is 0 Å². The molecule has 1 aromatic rings. The Morgan fingerprint density at radius 3 is 2.89 bits per heavy atom. The van der Waals surface area contributed by atoms with Gasteiger partial charge in [0.15, 0.2) is 0 Å². The topological polar surface area (TPSA) is 9.23 Å². The molecule has 100 valence electrons. The molecule has 1 nitrogen and oxygen atoms in total. The Morgan fingerprint density at radius 2 is 2.17 bits per heavy atom. The summed E-state index contributed by atoms with van der Waals surface area (Å²) in [6.07, 6.45) is 3.50. The Labute approximate surface area is 115 Å². The number of benzene rings is 1. The van der Waals surface area contributed by atoms with Gasteiger partial charge in [0.2, 0.25) is 0 Å². The molecule has 0 amide bonds. The molecule has 1 heterocycles. The average Bonchev–Trinajstić information content (AvgIpc) is 2.82. The second-order valence-electron chi connectivity index (χ2n) is 5.42. The van der Waals surface area contributed by atoms with Crippen molar-refractivity contribution in [2.75, 3.05) is 6.61 Å². The van der Waals surface area contributed by atoms with Gasteiger partial charge in [-0.15, -0.1) is 11.6 Å². The standard InChI is InChI=1S/C16H23ClO/c1-4-16-14(7-8-18-16)15(17)10-13-9-11(2)5-6-12(13)3/h5-6,9,14-16H,4,7-8,10H2,1-3H3. The molecule has 1 aliphatic heterocycles. The lowest BCUT2D eigenvalue weighted by Gasteiger charge is -2.22. The zero-order chi connectivity index (χ0) is 13.1. The lowest BCUT2D eigenvalue weighted by atomic mass is 9.90. The van der Waals surface area contributed by atoms with E-state index in [0.29, 0.717) is 12.0 Å². The van der Waals surface area contributed by atoms with Crippen molar-refractivity contribution in [3.05, 3.63) is 34.9 Å². The monoisotopic (exact) mass is 266 g/mol. The highest BCUT2D eigenvalue weighted by Gasteiger charge is 2.32. The summed E-state index contributed by atoms with van der Waals surface area (Å²) in [6.45, 7) is 7.37. The summed E-state index contributed by atoms with van der Waals surface area (Å²) < 4.78 is 5.74. The molecule has 0 saturated carbocycles. The Balaban J connectivity index is 2.06. The van der Waals surface area contributed by atoms with Gasteiger partial charge in [-0.25, -0.2) is 0 Å². The quantitative estimate of drug-likeness (QED) is 0.740. The van der Waals surface area contributed by atoms with Gasteiger partial charge in [-0.3, -0.25) is 0 Å². The Kier molecular flexibility index (Phi) is 4.69. The van der Waals surface area contributed by atoms with E-state index in [1.54, 1.807) is 0 Å². The van der Waals surface area contributed by atoms with Crippen LogP contribution < -0.4 is 0 Å². The Hall–Kier alpha value is -0.530. The number of hydrogen-bond acceptors (Lipinski definition) is 1. The van der Waals surface area contributed by atoms with Gasteiger partial charge in [-0.1, -0.05) is 30.7 Å². The number of halogens is 1. The third kappa shape index (κ3) is 3.07. The van der Waals surface area contributed by atoms with Crippen LogP contribution in [0.1, 0.15) is 36.5 Å². The number of aryl methyl sites for hydroxylation is 2. The largest absolute Gasteiger partial charge is 0.378 e. The molecule has 0 spiro atoms. The molecule has 1 fully saturated rings. The van der Waals surface area contributed by atoms with Crippen LogP contribution in [0.4, 0.5) is 0 Å². The van der Waals surface area contributed by atoms with Crippen LogP contribution in [0.2, 0.25) is 0 Å². The molecular weight excluding hydrogens is 244 g/mol. The molecule has 0 radical (unpaired) electrons. The molecule has 1 saturated heterocycles. The van der Waals surface area contributed by atoms with E-state index in [9.17, 15) is 0 Å². The van der Waals surface area contributed by atoms with Crippen molar-refractivity contribution in [1.29, 1.82) is 0 Å². The van der Waals surface area contributed by atoms with Gasteiger partial charge in [0.1, 0.15) is 0 Å². The third-order valence-electron chi connectivity index (χ3n) is 4.05. The van der Waals surface area contributed by atoms with E-state index in [4.69, 9.17) is 16.3 Å². The second kappa shape index (κ2) is 6.08. The molecule has 0 N–H and O–H groups in total. The third-order valence-corrected chi connectivity index (χ3v) is 4.53. The lowest BCUT2D eigenvalue weighted by molar-refractivity contribution is 0.0864. The highest BCUT2D eigenvalue weighted by molar-refractivity contribution is 6.21. The van der Waals surface area contributed by atoms with E-state index in [1.165, 1.54) is 16.7 Å². The van der Waals surface area contributed by atoms with Crippen LogP contribution in [0.5, 0.6) is 0 Å². The summed E-state index contributed by atoms with van der Waals surface area (Å²) >= 11 is 6.64. The maximum Gasteiger partial charge on any atom is 0.0615 e. The summed E-state index contributed by atoms with van der Waals surface area (Å²) in [5.74, 6) is 0.511. The van der Waals surface area contributed by atoms with Gasteiger partial charge < -0.3 is 4.74 Å². The number of ether oxygens (including phenoxy) is 1. The van der Waals surface area contributed by atoms with Crippen molar-refractivity contribution in [3.63, 3.8) is 0 Å². The molecule has 0 aliphatic carbocycles. The molecule has 0 bridgehead atoms. The first kappa shape index (κ1) is 13.9. The van der Waals surface area contributed by atoms with Gasteiger partial charge in [-0.05, 0) is 44.2 Å². The van der Waals surface area contributed by atoms with Gasteiger partial charge in [-0.2, -0.15) is 0 Å². The van der Waals surface area contributed by atoms with E-state index in [0.717, 1.165) is 25.9 Å². The maximum atomic E-state index is 6.64. The summed E-state index contributed by atoms with van der Waals surface area (Å²) in [5.41, 5.74) is 4.05. The number of rotatable bonds is 4.